The van der Waals surface area contributed by atoms with Gasteiger partial charge >= 0.3 is 0 Å². The van der Waals surface area contributed by atoms with Crippen molar-refractivity contribution in [2.24, 2.45) is 7.05 Å². The standard InChI is InChI=1S/C24H19N3O4S/c1-15-22(24(29)27(26(15)2)16-8-4-3-5-9-16)25-32(30,31)17-12-13-19-18-10-6-7-11-20(18)23(28)21(19)14-17/h3-14,25H,1-2H3. The van der Waals surface area contributed by atoms with Gasteiger partial charge in [0.05, 0.1) is 16.3 Å². The molecule has 3 aromatic carbocycles. The lowest BCUT2D eigenvalue weighted by atomic mass is 10.1. The number of sulfonamides is 1. The molecule has 32 heavy (non-hydrogen) atoms. The number of benzene rings is 3. The number of rotatable bonds is 4. The number of fused-ring (bicyclic) bond motifs is 3. The Hall–Kier alpha value is -3.91. The molecular weight excluding hydrogens is 426 g/mol. The normalized spacial score (nSPS) is 12.5. The molecule has 160 valence electrons. The van der Waals surface area contributed by atoms with Crippen LogP contribution in [0, 0.1) is 6.92 Å². The van der Waals surface area contributed by atoms with Gasteiger partial charge in [-0.15, -0.1) is 0 Å². The summed E-state index contributed by atoms with van der Waals surface area (Å²) in [7, 11) is -2.42. The predicted octanol–water partition coefficient (Wildman–Crippen LogP) is 3.50. The summed E-state index contributed by atoms with van der Waals surface area (Å²) < 4.78 is 31.8. The minimum atomic E-state index is -4.11. The Labute approximate surface area is 184 Å². The molecular formula is C24H19N3O4S. The molecule has 0 saturated carbocycles. The molecule has 0 unspecified atom stereocenters. The molecule has 0 radical (unpaired) electrons. The fraction of sp³-hybridized carbons (Fsp3) is 0.0833. The van der Waals surface area contributed by atoms with Crippen molar-refractivity contribution in [1.82, 2.24) is 9.36 Å². The van der Waals surface area contributed by atoms with Crippen LogP contribution in [-0.2, 0) is 17.1 Å². The monoisotopic (exact) mass is 445 g/mol. The van der Waals surface area contributed by atoms with Crippen molar-refractivity contribution in [3.8, 4) is 16.8 Å². The number of carbonyl (C=O) groups excluding carboxylic acids is 1. The minimum Gasteiger partial charge on any atom is -0.289 e. The van der Waals surface area contributed by atoms with Crippen LogP contribution in [0.4, 0.5) is 5.69 Å². The number of ketones is 1. The van der Waals surface area contributed by atoms with Crippen LogP contribution in [0.15, 0.2) is 82.5 Å². The van der Waals surface area contributed by atoms with Crippen LogP contribution >= 0.6 is 0 Å². The van der Waals surface area contributed by atoms with Crippen LogP contribution in [0.25, 0.3) is 16.8 Å². The summed E-state index contributed by atoms with van der Waals surface area (Å²) in [6, 6.07) is 20.6. The van der Waals surface area contributed by atoms with Crippen molar-refractivity contribution in [2.75, 3.05) is 4.72 Å². The molecule has 0 aliphatic heterocycles. The van der Waals surface area contributed by atoms with Gasteiger partial charge in [0.2, 0.25) is 0 Å². The first-order valence-corrected chi connectivity index (χ1v) is 11.4. The topological polar surface area (TPSA) is 90.2 Å². The lowest BCUT2D eigenvalue weighted by molar-refractivity contribution is 0.104. The first-order valence-electron chi connectivity index (χ1n) is 9.94. The summed E-state index contributed by atoms with van der Waals surface area (Å²) in [5.41, 5.74) is 2.94. The fourth-order valence-corrected chi connectivity index (χ4v) is 5.20. The molecule has 7 nitrogen and oxygen atoms in total. The average molecular weight is 446 g/mol. The molecule has 0 saturated heterocycles. The Morgan fingerprint density at radius 2 is 1.41 bits per heavy atom. The van der Waals surface area contributed by atoms with E-state index in [0.29, 0.717) is 28.1 Å². The van der Waals surface area contributed by atoms with E-state index >= 15 is 0 Å². The Balaban J connectivity index is 1.56. The van der Waals surface area contributed by atoms with Crippen molar-refractivity contribution < 1.29 is 13.2 Å². The van der Waals surface area contributed by atoms with E-state index in [9.17, 15) is 18.0 Å². The number of aromatic nitrogens is 2. The maximum absolute atomic E-state index is 13.2. The van der Waals surface area contributed by atoms with Gasteiger partial charge in [-0.2, -0.15) is 0 Å². The molecule has 0 bridgehead atoms. The minimum absolute atomic E-state index is 0.0357. The van der Waals surface area contributed by atoms with Crippen LogP contribution in [0.1, 0.15) is 21.6 Å². The van der Waals surface area contributed by atoms with Crippen molar-refractivity contribution in [3.05, 3.63) is 100.0 Å². The summed E-state index contributed by atoms with van der Waals surface area (Å²) >= 11 is 0. The number of hydrogen-bond donors (Lipinski definition) is 1. The first kappa shape index (κ1) is 20.0. The van der Waals surface area contributed by atoms with E-state index in [1.807, 2.05) is 18.2 Å². The molecule has 0 amide bonds. The number of para-hydroxylation sites is 1. The SMILES string of the molecule is Cc1c(NS(=O)(=O)c2ccc3c(c2)C(=O)c2ccccc2-3)c(=O)n(-c2ccccc2)n1C. The Bertz CT molecular complexity index is 1560. The van der Waals surface area contributed by atoms with E-state index in [4.69, 9.17) is 0 Å². The molecule has 8 heteroatoms. The van der Waals surface area contributed by atoms with E-state index in [2.05, 4.69) is 4.72 Å². The van der Waals surface area contributed by atoms with Gasteiger partial charge in [0.15, 0.2) is 5.78 Å². The van der Waals surface area contributed by atoms with Crippen LogP contribution in [0.5, 0.6) is 0 Å². The largest absolute Gasteiger partial charge is 0.296 e. The molecule has 5 rings (SSSR count). The lowest BCUT2D eigenvalue weighted by Gasteiger charge is -2.08. The second kappa shape index (κ2) is 7.06. The molecule has 1 aliphatic rings. The van der Waals surface area contributed by atoms with Gasteiger partial charge in [-0.25, -0.2) is 13.1 Å². The third-order valence-corrected chi connectivity index (χ3v) is 7.15. The van der Waals surface area contributed by atoms with Gasteiger partial charge in [0, 0.05) is 18.2 Å². The highest BCUT2D eigenvalue weighted by Crippen LogP contribution is 2.37. The van der Waals surface area contributed by atoms with Gasteiger partial charge in [-0.1, -0.05) is 48.5 Å². The van der Waals surface area contributed by atoms with E-state index in [1.165, 1.54) is 16.8 Å². The third-order valence-electron chi connectivity index (χ3n) is 5.80. The fourth-order valence-electron chi connectivity index (χ4n) is 4.05. The number of nitrogens with one attached hydrogen (secondary N) is 1. The average Bonchev–Trinajstić information content (AvgIpc) is 3.20. The summed E-state index contributed by atoms with van der Waals surface area (Å²) in [4.78, 5) is 25.8. The zero-order valence-electron chi connectivity index (χ0n) is 17.4. The van der Waals surface area contributed by atoms with Crippen molar-refractivity contribution in [2.45, 2.75) is 11.8 Å². The zero-order chi connectivity index (χ0) is 22.6. The maximum Gasteiger partial charge on any atom is 0.296 e. The summed E-state index contributed by atoms with van der Waals surface area (Å²) in [5.74, 6) is -0.213. The third kappa shape index (κ3) is 2.91. The molecule has 1 aliphatic carbocycles. The van der Waals surface area contributed by atoms with Gasteiger partial charge in [0.1, 0.15) is 5.69 Å². The van der Waals surface area contributed by atoms with Gasteiger partial charge in [-0.3, -0.25) is 19.0 Å². The Morgan fingerprint density at radius 1 is 0.781 bits per heavy atom. The summed E-state index contributed by atoms with van der Waals surface area (Å²) in [6.07, 6.45) is 0. The van der Waals surface area contributed by atoms with Crippen LogP contribution in [-0.4, -0.2) is 23.6 Å². The number of anilines is 1. The van der Waals surface area contributed by atoms with Gasteiger partial charge < -0.3 is 0 Å². The molecule has 0 fully saturated rings. The molecule has 1 heterocycles. The highest BCUT2D eigenvalue weighted by Gasteiger charge is 2.29. The molecule has 4 aromatic rings. The number of nitrogens with zero attached hydrogens (tertiary/aromatic N) is 2. The van der Waals surface area contributed by atoms with Crippen molar-refractivity contribution in [1.29, 1.82) is 0 Å². The van der Waals surface area contributed by atoms with Gasteiger partial charge in [-0.05, 0) is 42.3 Å². The Kier molecular flexibility index (Phi) is 4.42. The van der Waals surface area contributed by atoms with Gasteiger partial charge in [0.25, 0.3) is 15.6 Å². The van der Waals surface area contributed by atoms with Crippen LogP contribution < -0.4 is 10.3 Å². The predicted molar refractivity (Wildman–Crippen MR) is 122 cm³/mol. The summed E-state index contributed by atoms with van der Waals surface area (Å²) in [5, 5.41) is 0. The van der Waals surface area contributed by atoms with Crippen molar-refractivity contribution in [3.63, 3.8) is 0 Å². The number of hydrogen-bond acceptors (Lipinski definition) is 4. The molecule has 0 atom stereocenters. The highest BCUT2D eigenvalue weighted by atomic mass is 32.2. The van der Waals surface area contributed by atoms with Crippen molar-refractivity contribution >= 4 is 21.5 Å². The second-order valence-corrected chi connectivity index (χ2v) is 9.31. The van der Waals surface area contributed by atoms with E-state index in [-0.39, 0.29) is 16.4 Å². The first-order chi connectivity index (χ1) is 15.3. The maximum atomic E-state index is 13.2. The Morgan fingerprint density at radius 3 is 2.12 bits per heavy atom. The molecule has 1 aromatic heterocycles. The molecule has 1 N–H and O–H groups in total. The van der Waals surface area contributed by atoms with E-state index < -0.39 is 15.6 Å². The second-order valence-electron chi connectivity index (χ2n) is 7.62. The van der Waals surface area contributed by atoms with E-state index in [0.717, 1.165) is 5.56 Å². The highest BCUT2D eigenvalue weighted by molar-refractivity contribution is 7.92. The smallest absolute Gasteiger partial charge is 0.289 e. The molecule has 0 spiro atoms. The van der Waals surface area contributed by atoms with E-state index in [1.54, 1.807) is 61.1 Å². The van der Waals surface area contributed by atoms with Crippen LogP contribution in [0.3, 0.4) is 0 Å². The quantitative estimate of drug-likeness (QED) is 0.459. The summed E-state index contributed by atoms with van der Waals surface area (Å²) in [6.45, 7) is 1.67. The zero-order valence-corrected chi connectivity index (χ0v) is 18.2. The lowest BCUT2D eigenvalue weighted by Crippen LogP contribution is -2.23. The van der Waals surface area contributed by atoms with Crippen LogP contribution in [0.2, 0.25) is 0 Å². The number of carbonyl (C=O) groups is 1.